The molecule has 2 aliphatic rings. The van der Waals surface area contributed by atoms with Crippen LogP contribution in [0.2, 0.25) is 0 Å². The average Bonchev–Trinajstić information content (AvgIpc) is 2.44. The second-order valence-electron chi connectivity index (χ2n) is 4.54. The minimum absolute atomic E-state index is 0.863. The van der Waals surface area contributed by atoms with Gasteiger partial charge < -0.3 is 20.9 Å². The van der Waals surface area contributed by atoms with Crippen LogP contribution in [0, 0.1) is 0 Å². The van der Waals surface area contributed by atoms with Gasteiger partial charge in [-0.25, -0.2) is 0 Å². The third kappa shape index (κ3) is 2.63. The number of nitrogens with one attached hydrogen (secondary N) is 1. The van der Waals surface area contributed by atoms with Crippen molar-refractivity contribution in [3.05, 3.63) is 11.4 Å². The molecule has 0 unspecified atom stereocenters. The van der Waals surface area contributed by atoms with Crippen molar-refractivity contribution < 1.29 is 0 Å². The van der Waals surface area contributed by atoms with Crippen LogP contribution >= 0.6 is 0 Å². The van der Waals surface area contributed by atoms with E-state index in [1.807, 2.05) is 0 Å². The van der Waals surface area contributed by atoms with Gasteiger partial charge in [-0.15, -0.1) is 0 Å². The van der Waals surface area contributed by atoms with E-state index in [2.05, 4.69) is 22.2 Å². The number of likely N-dealkylation sites (N-methyl/N-ethyl adjacent to an activating group) is 1. The second-order valence-corrected chi connectivity index (χ2v) is 4.54. The Morgan fingerprint density at radius 2 is 2.07 bits per heavy atom. The Hall–Kier alpha value is -0.740. The molecule has 86 valence electrons. The molecular weight excluding hydrogens is 188 g/mol. The van der Waals surface area contributed by atoms with Crippen molar-refractivity contribution in [1.82, 2.24) is 15.1 Å². The lowest BCUT2D eigenvalue weighted by molar-refractivity contribution is 0.312. The Morgan fingerprint density at radius 3 is 2.87 bits per heavy atom. The summed E-state index contributed by atoms with van der Waals surface area (Å²) in [5.41, 5.74) is 8.50. The van der Waals surface area contributed by atoms with Crippen molar-refractivity contribution in [3.63, 3.8) is 0 Å². The highest BCUT2D eigenvalue weighted by Gasteiger charge is 2.18. The smallest absolute Gasteiger partial charge is 0.0416 e. The van der Waals surface area contributed by atoms with Gasteiger partial charge >= 0.3 is 0 Å². The van der Waals surface area contributed by atoms with E-state index in [1.165, 1.54) is 25.2 Å². The average molecular weight is 210 g/mol. The maximum Gasteiger partial charge on any atom is 0.0416 e. The van der Waals surface area contributed by atoms with Crippen LogP contribution < -0.4 is 11.1 Å². The van der Waals surface area contributed by atoms with E-state index in [9.17, 15) is 0 Å². The zero-order valence-electron chi connectivity index (χ0n) is 9.63. The topological polar surface area (TPSA) is 44.5 Å². The minimum atomic E-state index is 0.863. The van der Waals surface area contributed by atoms with Crippen LogP contribution in [0.5, 0.6) is 0 Å². The summed E-state index contributed by atoms with van der Waals surface area (Å²) < 4.78 is 0. The predicted molar refractivity (Wildman–Crippen MR) is 62.4 cm³/mol. The molecule has 1 saturated heterocycles. The van der Waals surface area contributed by atoms with Gasteiger partial charge in [-0.2, -0.15) is 0 Å². The first-order valence-electron chi connectivity index (χ1n) is 5.89. The predicted octanol–water partition coefficient (Wildman–Crippen LogP) is -0.212. The van der Waals surface area contributed by atoms with E-state index in [-0.39, 0.29) is 0 Å². The highest BCUT2D eigenvalue weighted by Crippen LogP contribution is 2.16. The van der Waals surface area contributed by atoms with Gasteiger partial charge in [-0.1, -0.05) is 0 Å². The molecule has 0 aromatic rings. The number of nitrogens with two attached hydrogens (primary N) is 1. The zero-order chi connectivity index (χ0) is 10.7. The number of hydrogen-bond donors (Lipinski definition) is 2. The standard InChI is InChI=1S/C11H22N4/c1-14-5-2-6-15(8-7-14)11-3-4-13-9-10(11)12/h13H,2-9,12H2,1H3. The Bertz CT molecular complexity index is 249. The van der Waals surface area contributed by atoms with E-state index in [0.717, 1.165) is 38.3 Å². The SMILES string of the molecule is CN1CCCN(C2=C(N)CNCC2)CC1. The molecule has 4 heteroatoms. The number of rotatable bonds is 1. The van der Waals surface area contributed by atoms with Crippen molar-refractivity contribution in [3.8, 4) is 0 Å². The molecule has 0 atom stereocenters. The van der Waals surface area contributed by atoms with E-state index in [4.69, 9.17) is 5.73 Å². The van der Waals surface area contributed by atoms with Crippen LogP contribution in [0.15, 0.2) is 11.4 Å². The molecule has 0 aliphatic carbocycles. The molecule has 0 aromatic heterocycles. The van der Waals surface area contributed by atoms with Gasteiger partial charge in [0.2, 0.25) is 0 Å². The Labute approximate surface area is 92.1 Å². The number of hydrogen-bond acceptors (Lipinski definition) is 4. The van der Waals surface area contributed by atoms with Crippen molar-refractivity contribution in [2.45, 2.75) is 12.8 Å². The van der Waals surface area contributed by atoms with Crippen molar-refractivity contribution in [1.29, 1.82) is 0 Å². The lowest BCUT2D eigenvalue weighted by Gasteiger charge is -2.30. The lowest BCUT2D eigenvalue weighted by Crippen LogP contribution is -2.37. The molecule has 1 fully saturated rings. The maximum absolute atomic E-state index is 6.06. The van der Waals surface area contributed by atoms with E-state index < -0.39 is 0 Å². The molecule has 2 rings (SSSR count). The van der Waals surface area contributed by atoms with Crippen LogP contribution in [0.25, 0.3) is 0 Å². The van der Waals surface area contributed by atoms with Crippen LogP contribution in [0.4, 0.5) is 0 Å². The molecule has 0 saturated carbocycles. The monoisotopic (exact) mass is 210 g/mol. The van der Waals surface area contributed by atoms with Crippen LogP contribution in [-0.4, -0.2) is 56.1 Å². The van der Waals surface area contributed by atoms with E-state index in [0.29, 0.717) is 0 Å². The van der Waals surface area contributed by atoms with Gasteiger partial charge in [0.15, 0.2) is 0 Å². The summed E-state index contributed by atoms with van der Waals surface area (Å²) in [6, 6.07) is 0. The van der Waals surface area contributed by atoms with Gasteiger partial charge in [0.1, 0.15) is 0 Å². The minimum Gasteiger partial charge on any atom is -0.400 e. The first kappa shape index (κ1) is 10.8. The van der Waals surface area contributed by atoms with Gasteiger partial charge in [-0.05, 0) is 20.0 Å². The third-order valence-electron chi connectivity index (χ3n) is 3.33. The molecule has 0 amide bonds. The largest absolute Gasteiger partial charge is 0.400 e. The van der Waals surface area contributed by atoms with Crippen LogP contribution in [-0.2, 0) is 0 Å². The Morgan fingerprint density at radius 1 is 1.20 bits per heavy atom. The van der Waals surface area contributed by atoms with E-state index >= 15 is 0 Å². The fraction of sp³-hybridized carbons (Fsp3) is 0.818. The van der Waals surface area contributed by atoms with Crippen molar-refractivity contribution in [2.24, 2.45) is 5.73 Å². The molecule has 0 aromatic carbocycles. The summed E-state index contributed by atoms with van der Waals surface area (Å²) in [5.74, 6) is 0. The van der Waals surface area contributed by atoms with Gasteiger partial charge in [0, 0.05) is 50.5 Å². The summed E-state index contributed by atoms with van der Waals surface area (Å²) in [6.45, 7) is 6.60. The fourth-order valence-electron chi connectivity index (χ4n) is 2.37. The summed E-state index contributed by atoms with van der Waals surface area (Å²) in [5, 5.41) is 3.31. The molecule has 3 N–H and O–H groups in total. The molecule has 2 aliphatic heterocycles. The second kappa shape index (κ2) is 4.86. The fourth-order valence-corrected chi connectivity index (χ4v) is 2.37. The first-order valence-corrected chi connectivity index (χ1v) is 5.89. The van der Waals surface area contributed by atoms with Crippen molar-refractivity contribution >= 4 is 0 Å². The van der Waals surface area contributed by atoms with Gasteiger partial charge in [0.25, 0.3) is 0 Å². The quantitative estimate of drug-likeness (QED) is 0.628. The third-order valence-corrected chi connectivity index (χ3v) is 3.33. The van der Waals surface area contributed by atoms with Crippen LogP contribution in [0.3, 0.4) is 0 Å². The molecule has 4 nitrogen and oxygen atoms in total. The molecule has 0 radical (unpaired) electrons. The first-order chi connectivity index (χ1) is 7.27. The summed E-state index contributed by atoms with van der Waals surface area (Å²) in [6.07, 6.45) is 2.34. The Kier molecular flexibility index (Phi) is 3.49. The molecular formula is C11H22N4. The van der Waals surface area contributed by atoms with Gasteiger partial charge in [-0.3, -0.25) is 0 Å². The maximum atomic E-state index is 6.06. The number of nitrogens with zero attached hydrogens (tertiary/aromatic N) is 2. The molecule has 15 heavy (non-hydrogen) atoms. The van der Waals surface area contributed by atoms with Gasteiger partial charge in [0.05, 0.1) is 0 Å². The van der Waals surface area contributed by atoms with E-state index in [1.54, 1.807) is 0 Å². The van der Waals surface area contributed by atoms with Crippen LogP contribution in [0.1, 0.15) is 12.8 Å². The highest BCUT2D eigenvalue weighted by atomic mass is 15.2. The highest BCUT2D eigenvalue weighted by molar-refractivity contribution is 5.15. The Balaban J connectivity index is 2.02. The normalized spacial score (nSPS) is 25.5. The zero-order valence-corrected chi connectivity index (χ0v) is 9.63. The summed E-state index contributed by atoms with van der Waals surface area (Å²) in [4.78, 5) is 4.89. The molecule has 0 spiro atoms. The molecule has 2 heterocycles. The van der Waals surface area contributed by atoms with Crippen molar-refractivity contribution in [2.75, 3.05) is 46.3 Å². The summed E-state index contributed by atoms with van der Waals surface area (Å²) in [7, 11) is 2.20. The molecule has 0 bridgehead atoms. The lowest BCUT2D eigenvalue weighted by atomic mass is 10.1. The summed E-state index contributed by atoms with van der Waals surface area (Å²) >= 11 is 0.